The first-order valence-corrected chi connectivity index (χ1v) is 11.6. The van der Waals surface area contributed by atoms with Crippen LogP contribution >= 0.6 is 12.4 Å². The highest BCUT2D eigenvalue weighted by Gasteiger charge is 2.36. The van der Waals surface area contributed by atoms with E-state index in [1.54, 1.807) is 27.8 Å². The Morgan fingerprint density at radius 3 is 2.77 bits per heavy atom. The molecule has 1 aliphatic heterocycles. The largest absolute Gasteiger partial charge is 0.384 e. The first-order chi connectivity index (χ1) is 16.5. The molecule has 1 saturated carbocycles. The molecule has 6 rings (SSSR count). The van der Waals surface area contributed by atoms with Gasteiger partial charge in [-0.1, -0.05) is 17.7 Å². The van der Waals surface area contributed by atoms with Crippen LogP contribution < -0.4 is 5.73 Å². The average molecular weight is 497 g/mol. The van der Waals surface area contributed by atoms with Crippen molar-refractivity contribution in [1.29, 1.82) is 0 Å². The second-order valence-corrected chi connectivity index (χ2v) is 9.28. The van der Waals surface area contributed by atoms with Crippen molar-refractivity contribution < 1.29 is 9.18 Å². The molecule has 0 bridgehead atoms. The highest BCUT2D eigenvalue weighted by Crippen LogP contribution is 2.34. The van der Waals surface area contributed by atoms with Gasteiger partial charge in [-0.3, -0.25) is 14.2 Å². The van der Waals surface area contributed by atoms with Crippen LogP contribution in [-0.4, -0.2) is 53.7 Å². The summed E-state index contributed by atoms with van der Waals surface area (Å²) in [5, 5.41) is 13.9. The third kappa shape index (κ3) is 4.34. The predicted octanol–water partition coefficient (Wildman–Crippen LogP) is 3.25. The van der Waals surface area contributed by atoms with Gasteiger partial charge in [0.25, 0.3) is 5.91 Å². The van der Waals surface area contributed by atoms with Crippen molar-refractivity contribution in [2.75, 3.05) is 18.8 Å². The lowest BCUT2D eigenvalue weighted by atomic mass is 9.85. The number of hydrogen-bond donors (Lipinski definition) is 1. The SMILES string of the molecule is Cl.Nc1cc(C(=O)N2CC(c3nn(Cc4cn(CC5CCC5)nn4)c4cccc(F)c34)C2)ccn1. The molecule has 3 aromatic heterocycles. The van der Waals surface area contributed by atoms with Gasteiger partial charge < -0.3 is 10.6 Å². The zero-order chi connectivity index (χ0) is 23.2. The maximum Gasteiger partial charge on any atom is 0.254 e. The Morgan fingerprint density at radius 2 is 2.03 bits per heavy atom. The number of nitrogens with two attached hydrogens (primary N) is 1. The number of hydrogen-bond acceptors (Lipinski definition) is 6. The fraction of sp³-hybridized carbons (Fsp3) is 0.375. The smallest absolute Gasteiger partial charge is 0.254 e. The number of halogens is 2. The van der Waals surface area contributed by atoms with Gasteiger partial charge in [-0.05, 0) is 43.0 Å². The summed E-state index contributed by atoms with van der Waals surface area (Å²) in [7, 11) is 0. The van der Waals surface area contributed by atoms with Crippen molar-refractivity contribution >= 4 is 35.0 Å². The van der Waals surface area contributed by atoms with E-state index >= 15 is 0 Å². The molecule has 4 heterocycles. The lowest BCUT2D eigenvalue weighted by Crippen LogP contribution is -2.48. The lowest BCUT2D eigenvalue weighted by molar-refractivity contribution is 0.0599. The lowest BCUT2D eigenvalue weighted by Gasteiger charge is -2.38. The maximum absolute atomic E-state index is 14.9. The summed E-state index contributed by atoms with van der Waals surface area (Å²) in [6.07, 6.45) is 7.26. The van der Waals surface area contributed by atoms with E-state index in [-0.39, 0.29) is 30.0 Å². The van der Waals surface area contributed by atoms with Crippen molar-refractivity contribution in [3.63, 3.8) is 0 Å². The van der Waals surface area contributed by atoms with Crippen molar-refractivity contribution in [1.82, 2.24) is 34.7 Å². The molecule has 2 N–H and O–H groups in total. The molecular weight excluding hydrogens is 471 g/mol. The van der Waals surface area contributed by atoms with Crippen LogP contribution in [0.5, 0.6) is 0 Å². The van der Waals surface area contributed by atoms with Crippen LogP contribution in [0, 0.1) is 11.7 Å². The predicted molar refractivity (Wildman–Crippen MR) is 131 cm³/mol. The van der Waals surface area contributed by atoms with Gasteiger partial charge in [0, 0.05) is 37.3 Å². The van der Waals surface area contributed by atoms with E-state index in [2.05, 4.69) is 15.3 Å². The number of amides is 1. The van der Waals surface area contributed by atoms with Gasteiger partial charge in [0.15, 0.2) is 0 Å². The first kappa shape index (κ1) is 23.2. The second-order valence-electron chi connectivity index (χ2n) is 9.28. The first-order valence-electron chi connectivity index (χ1n) is 11.6. The van der Waals surface area contributed by atoms with E-state index in [0.717, 1.165) is 17.8 Å². The zero-order valence-corrected chi connectivity index (χ0v) is 19.9. The number of fused-ring (bicyclic) bond motifs is 1. The monoisotopic (exact) mass is 496 g/mol. The minimum atomic E-state index is -0.306. The Hall–Kier alpha value is -3.53. The number of nitrogens with zero attached hydrogens (tertiary/aromatic N) is 7. The highest BCUT2D eigenvalue weighted by atomic mass is 35.5. The Morgan fingerprint density at radius 1 is 1.20 bits per heavy atom. The van der Waals surface area contributed by atoms with Crippen LogP contribution in [0.3, 0.4) is 0 Å². The molecule has 2 fully saturated rings. The van der Waals surface area contributed by atoms with E-state index in [4.69, 9.17) is 10.8 Å². The summed E-state index contributed by atoms with van der Waals surface area (Å²) in [5.41, 5.74) is 8.39. The van der Waals surface area contributed by atoms with E-state index in [9.17, 15) is 9.18 Å². The molecule has 11 heteroatoms. The third-order valence-corrected chi connectivity index (χ3v) is 6.91. The Labute approximate surface area is 207 Å². The summed E-state index contributed by atoms with van der Waals surface area (Å²) in [4.78, 5) is 18.4. The number of anilines is 1. The van der Waals surface area contributed by atoms with Crippen molar-refractivity contribution in [2.45, 2.75) is 38.3 Å². The Balaban J connectivity index is 0.00000253. The van der Waals surface area contributed by atoms with Crippen molar-refractivity contribution in [3.05, 3.63) is 65.5 Å². The fourth-order valence-electron chi connectivity index (χ4n) is 4.80. The molecule has 35 heavy (non-hydrogen) atoms. The summed E-state index contributed by atoms with van der Waals surface area (Å²) in [6.45, 7) is 2.25. The normalized spacial score (nSPS) is 16.1. The van der Waals surface area contributed by atoms with Crippen molar-refractivity contribution in [3.8, 4) is 0 Å². The second kappa shape index (κ2) is 9.26. The van der Waals surface area contributed by atoms with Gasteiger partial charge in [0.2, 0.25) is 0 Å². The van der Waals surface area contributed by atoms with E-state index in [0.29, 0.717) is 48.0 Å². The van der Waals surface area contributed by atoms with Gasteiger partial charge in [-0.25, -0.2) is 9.37 Å². The zero-order valence-electron chi connectivity index (χ0n) is 19.0. The number of carbonyl (C=O) groups is 1. The van der Waals surface area contributed by atoms with E-state index in [1.165, 1.54) is 31.5 Å². The number of nitrogen functional groups attached to an aromatic ring is 1. The molecule has 0 radical (unpaired) electrons. The number of likely N-dealkylation sites (tertiary alicyclic amines) is 1. The van der Waals surface area contributed by atoms with E-state index in [1.807, 2.05) is 16.9 Å². The van der Waals surface area contributed by atoms with Crippen LogP contribution in [0.25, 0.3) is 10.9 Å². The molecule has 0 spiro atoms. The molecule has 0 atom stereocenters. The molecule has 0 unspecified atom stereocenters. The number of rotatable bonds is 6. The van der Waals surface area contributed by atoms with Gasteiger partial charge >= 0.3 is 0 Å². The standard InChI is InChI=1S/C24H25FN8O.ClH/c25-19-5-2-6-20-22(19)23(17-11-31(12-17)24(34)16-7-8-27-21(26)9-16)29-33(20)14-18-13-32(30-28-18)10-15-3-1-4-15;/h2,5-9,13,15,17H,1,3-4,10-12,14H2,(H2,26,27);1H. The topological polar surface area (TPSA) is 108 Å². The van der Waals surface area contributed by atoms with Crippen LogP contribution in [0.2, 0.25) is 0 Å². The van der Waals surface area contributed by atoms with Crippen LogP contribution in [-0.2, 0) is 13.1 Å². The molecule has 4 aromatic rings. The number of carbonyl (C=O) groups excluding carboxylic acids is 1. The maximum atomic E-state index is 14.9. The molecule has 1 amide bonds. The minimum absolute atomic E-state index is 0. The van der Waals surface area contributed by atoms with Crippen LogP contribution in [0.1, 0.15) is 46.9 Å². The summed E-state index contributed by atoms with van der Waals surface area (Å²) in [6, 6.07) is 8.23. The average Bonchev–Trinajstić information content (AvgIpc) is 3.35. The molecule has 182 valence electrons. The molecule has 1 saturated heterocycles. The molecule has 1 aliphatic carbocycles. The Kier molecular flexibility index (Phi) is 6.14. The van der Waals surface area contributed by atoms with Crippen LogP contribution in [0.15, 0.2) is 42.7 Å². The summed E-state index contributed by atoms with van der Waals surface area (Å²) < 4.78 is 18.6. The number of aromatic nitrogens is 6. The molecule has 9 nitrogen and oxygen atoms in total. The minimum Gasteiger partial charge on any atom is -0.384 e. The van der Waals surface area contributed by atoms with Gasteiger partial charge in [-0.2, -0.15) is 5.10 Å². The molecule has 2 aliphatic rings. The molecule has 1 aromatic carbocycles. The van der Waals surface area contributed by atoms with Gasteiger partial charge in [-0.15, -0.1) is 17.5 Å². The van der Waals surface area contributed by atoms with E-state index < -0.39 is 0 Å². The third-order valence-electron chi connectivity index (χ3n) is 6.91. The van der Waals surface area contributed by atoms with Crippen molar-refractivity contribution in [2.24, 2.45) is 5.92 Å². The Bertz CT molecular complexity index is 1380. The summed E-state index contributed by atoms with van der Waals surface area (Å²) >= 11 is 0. The molecular formula is C24H26ClFN8O. The summed E-state index contributed by atoms with van der Waals surface area (Å²) in [5.74, 6) is 0.530. The highest BCUT2D eigenvalue weighted by molar-refractivity contribution is 5.95. The fourth-order valence-corrected chi connectivity index (χ4v) is 4.80. The number of benzene rings is 1. The van der Waals surface area contributed by atoms with Crippen LogP contribution in [0.4, 0.5) is 10.2 Å². The quantitative estimate of drug-likeness (QED) is 0.439. The van der Waals surface area contributed by atoms with Gasteiger partial charge in [0.05, 0.1) is 29.3 Å². The number of pyridine rings is 1. The van der Waals surface area contributed by atoms with Gasteiger partial charge in [0.1, 0.15) is 17.3 Å².